The van der Waals surface area contributed by atoms with Gasteiger partial charge in [-0.15, -0.1) is 0 Å². The van der Waals surface area contributed by atoms with Gasteiger partial charge >= 0.3 is 5.97 Å². The Labute approximate surface area is 156 Å². The van der Waals surface area contributed by atoms with Gasteiger partial charge in [0.05, 0.1) is 21.3 Å². The van der Waals surface area contributed by atoms with Gasteiger partial charge < -0.3 is 10.1 Å². The molecule has 26 heavy (non-hydrogen) atoms. The molecular formula is C20H23NO4S. The lowest BCUT2D eigenvalue weighted by Gasteiger charge is -2.17. The number of hydrogen-bond donors (Lipinski definition) is 1. The number of ether oxygens (including phenoxy) is 1. The predicted molar refractivity (Wildman–Crippen MR) is 103 cm³/mol. The Morgan fingerprint density at radius 1 is 1.00 bits per heavy atom. The van der Waals surface area contributed by atoms with Crippen molar-refractivity contribution < 1.29 is 18.5 Å². The summed E-state index contributed by atoms with van der Waals surface area (Å²) in [6.07, 6.45) is 0.506. The van der Waals surface area contributed by atoms with Gasteiger partial charge in [-0.25, -0.2) is 4.79 Å². The molecule has 1 N–H and O–H groups in total. The fourth-order valence-corrected chi connectivity index (χ4v) is 3.24. The number of nitrogens with one attached hydrogen (secondary N) is 1. The minimum Gasteiger partial charge on any atom is -0.449 e. The van der Waals surface area contributed by atoms with Crippen molar-refractivity contribution in [1.29, 1.82) is 0 Å². The highest BCUT2D eigenvalue weighted by atomic mass is 32.2. The summed E-state index contributed by atoms with van der Waals surface area (Å²) in [6, 6.07) is 14.0. The molecule has 2 aromatic carbocycles. The molecule has 0 radical (unpaired) electrons. The smallest absolute Gasteiger partial charge is 0.340 e. The maximum Gasteiger partial charge on any atom is 0.340 e. The van der Waals surface area contributed by atoms with E-state index in [-0.39, 0.29) is 11.5 Å². The largest absolute Gasteiger partial charge is 0.449 e. The fourth-order valence-electron chi connectivity index (χ4n) is 2.51. The summed E-state index contributed by atoms with van der Waals surface area (Å²) in [5.74, 6) is -0.840. The van der Waals surface area contributed by atoms with Crippen LogP contribution in [0.5, 0.6) is 0 Å². The van der Waals surface area contributed by atoms with Gasteiger partial charge in [0.2, 0.25) is 0 Å². The number of rotatable bonds is 6. The SMILES string of the molecule is CC(C)c1ccccc1NC(=O)[C@@H](C)OC(=O)c1ccccc1[S@@](C)=O. The van der Waals surface area contributed by atoms with Crippen LogP contribution >= 0.6 is 0 Å². The number of anilines is 1. The van der Waals surface area contributed by atoms with Crippen molar-refractivity contribution in [3.8, 4) is 0 Å². The van der Waals surface area contributed by atoms with E-state index < -0.39 is 28.8 Å². The number of benzene rings is 2. The second-order valence-corrected chi connectivity index (χ2v) is 7.58. The van der Waals surface area contributed by atoms with Crippen molar-refractivity contribution in [3.63, 3.8) is 0 Å². The zero-order valence-corrected chi connectivity index (χ0v) is 16.1. The standard InChI is InChI=1S/C20H23NO4S/c1-13(2)15-9-5-7-11-17(15)21-19(22)14(3)25-20(23)16-10-6-8-12-18(16)26(4)24/h5-14H,1-4H3,(H,21,22)/t14-,26-/m1/s1. The minimum atomic E-state index is -1.33. The fraction of sp³-hybridized carbons (Fsp3) is 0.300. The van der Waals surface area contributed by atoms with E-state index in [9.17, 15) is 13.8 Å². The first-order valence-corrected chi connectivity index (χ1v) is 9.90. The van der Waals surface area contributed by atoms with E-state index in [4.69, 9.17) is 4.74 Å². The molecule has 6 heteroatoms. The first kappa shape index (κ1) is 19.8. The number of carbonyl (C=O) groups excluding carboxylic acids is 2. The average Bonchev–Trinajstić information content (AvgIpc) is 2.61. The van der Waals surface area contributed by atoms with Crippen molar-refractivity contribution in [2.45, 2.75) is 37.7 Å². The molecule has 0 aliphatic carbocycles. The van der Waals surface area contributed by atoms with E-state index in [1.54, 1.807) is 18.2 Å². The van der Waals surface area contributed by atoms with Crippen LogP contribution in [0.2, 0.25) is 0 Å². The van der Waals surface area contributed by atoms with Crippen LogP contribution in [0.3, 0.4) is 0 Å². The Morgan fingerprint density at radius 3 is 2.27 bits per heavy atom. The Morgan fingerprint density at radius 2 is 1.62 bits per heavy atom. The molecule has 0 aliphatic heterocycles. The second-order valence-electron chi connectivity index (χ2n) is 6.23. The number of amides is 1. The Bertz CT molecular complexity index is 832. The van der Waals surface area contributed by atoms with E-state index in [1.165, 1.54) is 19.2 Å². The predicted octanol–water partition coefficient (Wildman–Crippen LogP) is 3.73. The van der Waals surface area contributed by atoms with Crippen LogP contribution in [0, 0.1) is 0 Å². The molecular weight excluding hydrogens is 350 g/mol. The Balaban J connectivity index is 2.11. The molecule has 2 atom stereocenters. The van der Waals surface area contributed by atoms with Gasteiger partial charge in [0, 0.05) is 11.9 Å². The normalized spacial score (nSPS) is 13.1. The van der Waals surface area contributed by atoms with Crippen LogP contribution in [0.15, 0.2) is 53.4 Å². The minimum absolute atomic E-state index is 0.204. The zero-order chi connectivity index (χ0) is 19.3. The van der Waals surface area contributed by atoms with Gasteiger partial charge in [0.25, 0.3) is 5.91 Å². The molecule has 0 aliphatic rings. The highest BCUT2D eigenvalue weighted by molar-refractivity contribution is 7.84. The van der Waals surface area contributed by atoms with Gasteiger partial charge in [-0.1, -0.05) is 44.2 Å². The summed E-state index contributed by atoms with van der Waals surface area (Å²) in [5, 5.41) is 2.81. The summed E-state index contributed by atoms with van der Waals surface area (Å²) in [4.78, 5) is 25.2. The molecule has 0 saturated carbocycles. The molecule has 0 spiro atoms. The van der Waals surface area contributed by atoms with Crippen molar-refractivity contribution >= 4 is 28.4 Å². The molecule has 2 rings (SSSR count). The molecule has 0 unspecified atom stereocenters. The maximum atomic E-state index is 12.4. The summed E-state index contributed by atoms with van der Waals surface area (Å²) in [6.45, 7) is 5.59. The van der Waals surface area contributed by atoms with Crippen LogP contribution in [-0.4, -0.2) is 28.4 Å². The van der Waals surface area contributed by atoms with Gasteiger partial charge in [-0.2, -0.15) is 0 Å². The maximum absolute atomic E-state index is 12.4. The molecule has 1 amide bonds. The third-order valence-electron chi connectivity index (χ3n) is 3.91. The summed E-state index contributed by atoms with van der Waals surface area (Å²) in [7, 11) is -1.33. The Kier molecular flexibility index (Phi) is 6.69. The zero-order valence-electron chi connectivity index (χ0n) is 15.3. The van der Waals surface area contributed by atoms with Gasteiger partial charge in [-0.05, 0) is 36.6 Å². The molecule has 0 fully saturated rings. The lowest BCUT2D eigenvalue weighted by molar-refractivity contribution is -0.123. The van der Waals surface area contributed by atoms with Crippen LogP contribution in [0.1, 0.15) is 42.6 Å². The molecule has 0 aromatic heterocycles. The lowest BCUT2D eigenvalue weighted by Crippen LogP contribution is -2.30. The highest BCUT2D eigenvalue weighted by Crippen LogP contribution is 2.24. The number of para-hydroxylation sites is 1. The molecule has 5 nitrogen and oxygen atoms in total. The van der Waals surface area contributed by atoms with E-state index in [2.05, 4.69) is 5.32 Å². The van der Waals surface area contributed by atoms with Crippen molar-refractivity contribution in [3.05, 3.63) is 59.7 Å². The van der Waals surface area contributed by atoms with E-state index in [0.717, 1.165) is 5.56 Å². The third kappa shape index (κ3) is 4.79. The van der Waals surface area contributed by atoms with Gasteiger partial charge in [0.15, 0.2) is 6.10 Å². The van der Waals surface area contributed by atoms with Gasteiger partial charge in [-0.3, -0.25) is 9.00 Å². The molecule has 2 aromatic rings. The van der Waals surface area contributed by atoms with Gasteiger partial charge in [0.1, 0.15) is 0 Å². The van der Waals surface area contributed by atoms with Crippen molar-refractivity contribution in [1.82, 2.24) is 0 Å². The van der Waals surface area contributed by atoms with Crippen molar-refractivity contribution in [2.75, 3.05) is 11.6 Å². The van der Waals surface area contributed by atoms with Crippen LogP contribution in [0.25, 0.3) is 0 Å². The monoisotopic (exact) mass is 373 g/mol. The number of hydrogen-bond acceptors (Lipinski definition) is 4. The second kappa shape index (κ2) is 8.76. The quantitative estimate of drug-likeness (QED) is 0.783. The first-order chi connectivity index (χ1) is 12.3. The van der Waals surface area contributed by atoms with Crippen LogP contribution in [0.4, 0.5) is 5.69 Å². The lowest BCUT2D eigenvalue weighted by atomic mass is 10.0. The van der Waals surface area contributed by atoms with Crippen LogP contribution < -0.4 is 5.32 Å². The highest BCUT2D eigenvalue weighted by Gasteiger charge is 2.22. The summed E-state index contributed by atoms with van der Waals surface area (Å²) >= 11 is 0. The Hall–Kier alpha value is -2.47. The van der Waals surface area contributed by atoms with E-state index in [1.807, 2.05) is 38.1 Å². The molecule has 0 bridgehead atoms. The topological polar surface area (TPSA) is 72.5 Å². The van der Waals surface area contributed by atoms with E-state index in [0.29, 0.717) is 10.6 Å². The molecule has 0 heterocycles. The van der Waals surface area contributed by atoms with Crippen molar-refractivity contribution in [2.24, 2.45) is 0 Å². The average molecular weight is 373 g/mol. The summed E-state index contributed by atoms with van der Waals surface area (Å²) in [5.41, 5.74) is 1.91. The van der Waals surface area contributed by atoms with E-state index >= 15 is 0 Å². The molecule has 138 valence electrons. The molecule has 0 saturated heterocycles. The number of esters is 1. The first-order valence-electron chi connectivity index (χ1n) is 8.34. The van der Waals surface area contributed by atoms with Crippen LogP contribution in [-0.2, 0) is 20.3 Å². The third-order valence-corrected chi connectivity index (χ3v) is 4.89. The summed E-state index contributed by atoms with van der Waals surface area (Å²) < 4.78 is 17.0. The number of carbonyl (C=O) groups is 2.